The maximum Gasteiger partial charge on any atom is 0.416 e. The summed E-state index contributed by atoms with van der Waals surface area (Å²) in [7, 11) is 0. The molecular formula is C10H14F3N3O3. The van der Waals surface area contributed by atoms with Crippen molar-refractivity contribution in [3.05, 3.63) is 17.7 Å². The van der Waals surface area contributed by atoms with Gasteiger partial charge in [0.15, 0.2) is 0 Å². The predicted molar refractivity (Wildman–Crippen MR) is 61.3 cm³/mol. The molecule has 0 atom stereocenters. The summed E-state index contributed by atoms with van der Waals surface area (Å²) in [5.74, 6) is -0.676. The number of aliphatic hydroxyl groups is 3. The number of alkyl halides is 3. The third-order valence-corrected chi connectivity index (χ3v) is 2.47. The first-order valence-corrected chi connectivity index (χ1v) is 5.22. The Morgan fingerprint density at radius 3 is 2.05 bits per heavy atom. The maximum absolute atomic E-state index is 12.6. The van der Waals surface area contributed by atoms with Crippen LogP contribution >= 0.6 is 0 Å². The summed E-state index contributed by atoms with van der Waals surface area (Å²) in [5.41, 5.74) is 2.66. The summed E-state index contributed by atoms with van der Waals surface area (Å²) >= 11 is 0. The number of rotatable bonds is 5. The molecule has 1 heterocycles. The number of anilines is 2. The van der Waals surface area contributed by atoms with Crippen LogP contribution in [0.1, 0.15) is 5.56 Å². The summed E-state index contributed by atoms with van der Waals surface area (Å²) in [6.45, 7) is -2.09. The molecule has 0 saturated heterocycles. The van der Waals surface area contributed by atoms with Gasteiger partial charge in [-0.2, -0.15) is 13.2 Å². The van der Waals surface area contributed by atoms with Gasteiger partial charge in [-0.25, -0.2) is 4.98 Å². The van der Waals surface area contributed by atoms with Crippen LogP contribution in [0.5, 0.6) is 0 Å². The number of nitrogens with one attached hydrogen (secondary N) is 1. The summed E-state index contributed by atoms with van der Waals surface area (Å²) in [6, 6.07) is 1.33. The molecule has 108 valence electrons. The van der Waals surface area contributed by atoms with Gasteiger partial charge < -0.3 is 26.4 Å². The van der Waals surface area contributed by atoms with Crippen molar-refractivity contribution in [3.8, 4) is 0 Å². The van der Waals surface area contributed by atoms with Crippen molar-refractivity contribution in [3.63, 3.8) is 0 Å². The fourth-order valence-corrected chi connectivity index (χ4v) is 1.32. The lowest BCUT2D eigenvalue weighted by Gasteiger charge is -2.29. The maximum atomic E-state index is 12.6. The SMILES string of the molecule is Nc1cc(C(F)(F)F)cc(NC(CO)(CO)CO)n1. The third-order valence-electron chi connectivity index (χ3n) is 2.47. The highest BCUT2D eigenvalue weighted by molar-refractivity contribution is 5.49. The van der Waals surface area contributed by atoms with E-state index in [1.165, 1.54) is 0 Å². The molecule has 1 aromatic heterocycles. The number of hydrogen-bond acceptors (Lipinski definition) is 6. The molecule has 0 bridgehead atoms. The van der Waals surface area contributed by atoms with Crippen LogP contribution in [-0.2, 0) is 6.18 Å². The van der Waals surface area contributed by atoms with Crippen molar-refractivity contribution in [2.24, 2.45) is 0 Å². The highest BCUT2D eigenvalue weighted by Crippen LogP contribution is 2.31. The number of halogens is 3. The van der Waals surface area contributed by atoms with E-state index in [9.17, 15) is 13.2 Å². The molecule has 9 heteroatoms. The molecule has 0 amide bonds. The van der Waals surface area contributed by atoms with Crippen LogP contribution in [0.25, 0.3) is 0 Å². The summed E-state index contributed by atoms with van der Waals surface area (Å²) in [5, 5.41) is 29.6. The van der Waals surface area contributed by atoms with E-state index in [0.717, 1.165) is 0 Å². The van der Waals surface area contributed by atoms with E-state index in [1.807, 2.05) is 0 Å². The molecule has 0 aliphatic rings. The Morgan fingerprint density at radius 2 is 1.63 bits per heavy atom. The van der Waals surface area contributed by atoms with Crippen LogP contribution in [0.3, 0.4) is 0 Å². The second-order valence-electron chi connectivity index (χ2n) is 4.04. The third kappa shape index (κ3) is 3.69. The average molecular weight is 281 g/mol. The number of nitrogen functional groups attached to an aromatic ring is 1. The molecule has 1 rings (SSSR count). The topological polar surface area (TPSA) is 112 Å². The Balaban J connectivity index is 3.11. The predicted octanol–water partition coefficient (Wildman–Crippen LogP) is -0.190. The quantitative estimate of drug-likeness (QED) is 0.511. The van der Waals surface area contributed by atoms with Crippen molar-refractivity contribution < 1.29 is 28.5 Å². The molecule has 0 aliphatic heterocycles. The second-order valence-corrected chi connectivity index (χ2v) is 4.04. The first kappa shape index (κ1) is 15.5. The van der Waals surface area contributed by atoms with Crippen molar-refractivity contribution in [1.29, 1.82) is 0 Å². The lowest BCUT2D eigenvalue weighted by atomic mass is 10.0. The smallest absolute Gasteiger partial charge is 0.394 e. The van der Waals surface area contributed by atoms with Gasteiger partial charge in [0.1, 0.15) is 17.2 Å². The largest absolute Gasteiger partial charge is 0.416 e. The van der Waals surface area contributed by atoms with Gasteiger partial charge in [-0.3, -0.25) is 0 Å². The Kier molecular flexibility index (Phi) is 4.56. The lowest BCUT2D eigenvalue weighted by molar-refractivity contribution is -0.137. The van der Waals surface area contributed by atoms with E-state index >= 15 is 0 Å². The van der Waals surface area contributed by atoms with E-state index in [2.05, 4.69) is 10.3 Å². The van der Waals surface area contributed by atoms with Gasteiger partial charge in [-0.15, -0.1) is 0 Å². The Hall–Kier alpha value is -1.58. The number of hydrogen-bond donors (Lipinski definition) is 5. The zero-order chi connectivity index (χ0) is 14.7. The van der Waals surface area contributed by atoms with E-state index < -0.39 is 37.1 Å². The number of nitrogens with two attached hydrogens (primary N) is 1. The fourth-order valence-electron chi connectivity index (χ4n) is 1.32. The van der Waals surface area contributed by atoms with E-state index in [0.29, 0.717) is 12.1 Å². The molecule has 0 aromatic carbocycles. The van der Waals surface area contributed by atoms with E-state index in [1.54, 1.807) is 0 Å². The van der Waals surface area contributed by atoms with E-state index in [-0.39, 0.29) is 11.6 Å². The van der Waals surface area contributed by atoms with Crippen LogP contribution < -0.4 is 11.1 Å². The normalized spacial score (nSPS) is 12.5. The molecule has 0 fully saturated rings. The van der Waals surface area contributed by atoms with Crippen LogP contribution in [0.15, 0.2) is 12.1 Å². The highest BCUT2D eigenvalue weighted by atomic mass is 19.4. The fraction of sp³-hybridized carbons (Fsp3) is 0.500. The standard InChI is InChI=1S/C10H14F3N3O3/c11-10(12,13)6-1-7(14)15-8(2-6)16-9(3-17,4-18)5-19/h1-2,17-19H,3-5H2,(H3,14,15,16). The van der Waals surface area contributed by atoms with Crippen LogP contribution in [0.4, 0.5) is 24.8 Å². The molecular weight excluding hydrogens is 267 g/mol. The van der Waals surface area contributed by atoms with Gasteiger partial charge in [0, 0.05) is 0 Å². The first-order valence-electron chi connectivity index (χ1n) is 5.22. The zero-order valence-electron chi connectivity index (χ0n) is 9.78. The van der Waals surface area contributed by atoms with Crippen LogP contribution in [-0.4, -0.2) is 45.7 Å². The van der Waals surface area contributed by atoms with Gasteiger partial charge in [-0.05, 0) is 12.1 Å². The number of aliphatic hydroxyl groups excluding tert-OH is 3. The zero-order valence-corrected chi connectivity index (χ0v) is 9.78. The molecule has 6 nitrogen and oxygen atoms in total. The van der Waals surface area contributed by atoms with Gasteiger partial charge >= 0.3 is 6.18 Å². The monoisotopic (exact) mass is 281 g/mol. The number of nitrogens with zero attached hydrogens (tertiary/aromatic N) is 1. The number of aromatic nitrogens is 1. The average Bonchev–Trinajstić information content (AvgIpc) is 2.34. The summed E-state index contributed by atoms with van der Waals surface area (Å²) in [4.78, 5) is 3.61. The minimum Gasteiger partial charge on any atom is -0.394 e. The van der Waals surface area contributed by atoms with E-state index in [4.69, 9.17) is 21.1 Å². The molecule has 0 unspecified atom stereocenters. The molecule has 0 aliphatic carbocycles. The van der Waals surface area contributed by atoms with Crippen molar-refractivity contribution in [2.45, 2.75) is 11.7 Å². The minimum absolute atomic E-state index is 0.301. The molecule has 0 saturated carbocycles. The van der Waals surface area contributed by atoms with Crippen LogP contribution in [0, 0.1) is 0 Å². The van der Waals surface area contributed by atoms with Gasteiger partial charge in [-0.1, -0.05) is 0 Å². The molecule has 0 spiro atoms. The number of pyridine rings is 1. The second kappa shape index (κ2) is 5.59. The molecule has 0 radical (unpaired) electrons. The molecule has 19 heavy (non-hydrogen) atoms. The highest BCUT2D eigenvalue weighted by Gasteiger charge is 2.33. The van der Waals surface area contributed by atoms with Crippen molar-refractivity contribution in [2.75, 3.05) is 30.9 Å². The Bertz CT molecular complexity index is 427. The van der Waals surface area contributed by atoms with Gasteiger partial charge in [0.2, 0.25) is 0 Å². The summed E-state index contributed by atoms with van der Waals surface area (Å²) < 4.78 is 37.7. The Morgan fingerprint density at radius 1 is 1.11 bits per heavy atom. The van der Waals surface area contributed by atoms with Crippen molar-refractivity contribution in [1.82, 2.24) is 4.98 Å². The van der Waals surface area contributed by atoms with Gasteiger partial charge in [0.05, 0.1) is 25.4 Å². The summed E-state index contributed by atoms with van der Waals surface area (Å²) in [6.07, 6.45) is -4.60. The lowest BCUT2D eigenvalue weighted by Crippen LogP contribution is -2.49. The molecule has 6 N–H and O–H groups in total. The molecule has 1 aromatic rings. The van der Waals surface area contributed by atoms with Crippen LogP contribution in [0.2, 0.25) is 0 Å². The van der Waals surface area contributed by atoms with Gasteiger partial charge in [0.25, 0.3) is 0 Å². The minimum atomic E-state index is -4.60. The van der Waals surface area contributed by atoms with Crippen molar-refractivity contribution >= 4 is 11.6 Å². The Labute approximate surface area is 106 Å². The first-order chi connectivity index (χ1) is 8.76.